The average molecular weight is 329 g/mol. The normalized spacial score (nSPS) is 16.9. The van der Waals surface area contributed by atoms with Crippen molar-refractivity contribution in [2.45, 2.75) is 38.6 Å². The summed E-state index contributed by atoms with van der Waals surface area (Å²) >= 11 is 0. The fourth-order valence-corrected chi connectivity index (χ4v) is 3.41. The van der Waals surface area contributed by atoms with Gasteiger partial charge in [0.05, 0.1) is 13.2 Å². The van der Waals surface area contributed by atoms with Gasteiger partial charge in [0, 0.05) is 25.2 Å². The Morgan fingerprint density at radius 2 is 1.83 bits per heavy atom. The second-order valence-electron chi connectivity index (χ2n) is 6.47. The summed E-state index contributed by atoms with van der Waals surface area (Å²) in [4.78, 5) is 0. The highest BCUT2D eigenvalue weighted by Gasteiger charge is 2.34. The monoisotopic (exact) mass is 329 g/mol. The topological polar surface area (TPSA) is 43.6 Å². The standard InChI is InChI=1S/C20H27NO3/c1-3-23-18-8-5-17(6-9-18)20(10-12-22-13-11-20)15-21-14-19-7-4-16(2)24-19/h4-9,21H,3,10-15H2,1-2H3. The van der Waals surface area contributed by atoms with Gasteiger partial charge in [-0.25, -0.2) is 0 Å². The van der Waals surface area contributed by atoms with Crippen LogP contribution < -0.4 is 10.1 Å². The quantitative estimate of drug-likeness (QED) is 0.838. The minimum atomic E-state index is 0.116. The molecule has 0 spiro atoms. The van der Waals surface area contributed by atoms with E-state index in [2.05, 4.69) is 29.6 Å². The van der Waals surface area contributed by atoms with Gasteiger partial charge in [0.15, 0.2) is 0 Å². The van der Waals surface area contributed by atoms with Gasteiger partial charge < -0.3 is 19.2 Å². The first-order chi connectivity index (χ1) is 11.7. The van der Waals surface area contributed by atoms with Crippen molar-refractivity contribution in [3.63, 3.8) is 0 Å². The van der Waals surface area contributed by atoms with Gasteiger partial charge >= 0.3 is 0 Å². The van der Waals surface area contributed by atoms with E-state index in [-0.39, 0.29) is 5.41 Å². The molecule has 1 fully saturated rings. The summed E-state index contributed by atoms with van der Waals surface area (Å²) in [7, 11) is 0. The van der Waals surface area contributed by atoms with E-state index in [9.17, 15) is 0 Å². The molecule has 0 unspecified atom stereocenters. The zero-order chi connectivity index (χ0) is 16.8. The summed E-state index contributed by atoms with van der Waals surface area (Å²) in [5.74, 6) is 2.88. The summed E-state index contributed by atoms with van der Waals surface area (Å²) in [6, 6.07) is 12.6. The highest BCUT2D eigenvalue weighted by Crippen LogP contribution is 2.35. The smallest absolute Gasteiger partial charge is 0.119 e. The maximum atomic E-state index is 5.65. The molecule has 1 aromatic heterocycles. The molecule has 1 aromatic carbocycles. The Kier molecular flexibility index (Phi) is 5.59. The van der Waals surface area contributed by atoms with Crippen LogP contribution in [0.25, 0.3) is 0 Å². The third kappa shape index (κ3) is 4.00. The number of nitrogens with one attached hydrogen (secondary N) is 1. The van der Waals surface area contributed by atoms with Gasteiger partial charge in [-0.2, -0.15) is 0 Å². The molecule has 0 radical (unpaired) electrons. The zero-order valence-corrected chi connectivity index (χ0v) is 14.6. The maximum absolute atomic E-state index is 5.65. The number of hydrogen-bond acceptors (Lipinski definition) is 4. The molecule has 24 heavy (non-hydrogen) atoms. The number of rotatable bonds is 7. The molecule has 1 aliphatic rings. The lowest BCUT2D eigenvalue weighted by molar-refractivity contribution is 0.0496. The molecule has 0 saturated carbocycles. The van der Waals surface area contributed by atoms with Crippen molar-refractivity contribution in [2.24, 2.45) is 0 Å². The molecule has 1 N–H and O–H groups in total. The number of aryl methyl sites for hydroxylation is 1. The molecule has 2 heterocycles. The van der Waals surface area contributed by atoms with E-state index in [1.165, 1.54) is 5.56 Å². The van der Waals surface area contributed by atoms with Crippen LogP contribution in [-0.2, 0) is 16.7 Å². The van der Waals surface area contributed by atoms with E-state index in [0.29, 0.717) is 6.61 Å². The van der Waals surface area contributed by atoms with Crippen molar-refractivity contribution in [2.75, 3.05) is 26.4 Å². The minimum absolute atomic E-state index is 0.116. The molecule has 4 heteroatoms. The summed E-state index contributed by atoms with van der Waals surface area (Å²) in [6.07, 6.45) is 2.07. The van der Waals surface area contributed by atoms with Crippen molar-refractivity contribution < 1.29 is 13.9 Å². The average Bonchev–Trinajstić information content (AvgIpc) is 3.02. The zero-order valence-electron chi connectivity index (χ0n) is 14.6. The molecule has 0 amide bonds. The van der Waals surface area contributed by atoms with Gasteiger partial charge in [0.1, 0.15) is 17.3 Å². The van der Waals surface area contributed by atoms with E-state index in [1.807, 2.05) is 26.0 Å². The van der Waals surface area contributed by atoms with Crippen molar-refractivity contribution in [1.82, 2.24) is 5.32 Å². The summed E-state index contributed by atoms with van der Waals surface area (Å²) in [6.45, 7) is 7.99. The lowest BCUT2D eigenvalue weighted by atomic mass is 9.74. The number of ether oxygens (including phenoxy) is 2. The van der Waals surface area contributed by atoms with Gasteiger partial charge in [-0.05, 0) is 56.5 Å². The predicted molar refractivity (Wildman–Crippen MR) is 94.5 cm³/mol. The van der Waals surface area contributed by atoms with Crippen LogP contribution in [0.2, 0.25) is 0 Å². The molecule has 0 bridgehead atoms. The second kappa shape index (κ2) is 7.86. The molecule has 1 aliphatic heterocycles. The first-order valence-electron chi connectivity index (χ1n) is 8.79. The van der Waals surface area contributed by atoms with Gasteiger partial charge in [0.2, 0.25) is 0 Å². The van der Waals surface area contributed by atoms with Gasteiger partial charge in [-0.1, -0.05) is 12.1 Å². The summed E-state index contributed by atoms with van der Waals surface area (Å²) in [5.41, 5.74) is 1.47. The SMILES string of the molecule is CCOc1ccc(C2(CNCc3ccc(C)o3)CCOCC2)cc1. The number of furan rings is 1. The molecule has 3 rings (SSSR count). The third-order valence-corrected chi connectivity index (χ3v) is 4.79. The number of benzene rings is 1. The molecule has 0 atom stereocenters. The Hall–Kier alpha value is -1.78. The Morgan fingerprint density at radius 3 is 2.46 bits per heavy atom. The van der Waals surface area contributed by atoms with Crippen LogP contribution in [0.15, 0.2) is 40.8 Å². The first kappa shape index (κ1) is 17.1. The Labute approximate surface area is 144 Å². The van der Waals surface area contributed by atoms with Crippen LogP contribution in [0.3, 0.4) is 0 Å². The van der Waals surface area contributed by atoms with Crippen LogP contribution in [0.4, 0.5) is 0 Å². The first-order valence-corrected chi connectivity index (χ1v) is 8.79. The molecule has 4 nitrogen and oxygen atoms in total. The highest BCUT2D eigenvalue weighted by molar-refractivity contribution is 5.33. The van der Waals surface area contributed by atoms with Crippen molar-refractivity contribution in [3.05, 3.63) is 53.5 Å². The van der Waals surface area contributed by atoms with E-state index in [1.54, 1.807) is 0 Å². The Bertz CT molecular complexity index is 627. The summed E-state index contributed by atoms with van der Waals surface area (Å²) < 4.78 is 16.8. The van der Waals surface area contributed by atoms with Gasteiger partial charge in [-0.15, -0.1) is 0 Å². The second-order valence-corrected chi connectivity index (χ2v) is 6.47. The van der Waals surface area contributed by atoms with Crippen LogP contribution in [0.1, 0.15) is 36.8 Å². The third-order valence-electron chi connectivity index (χ3n) is 4.79. The molecule has 2 aromatic rings. The van der Waals surface area contributed by atoms with Crippen molar-refractivity contribution in [3.8, 4) is 5.75 Å². The van der Waals surface area contributed by atoms with E-state index >= 15 is 0 Å². The maximum Gasteiger partial charge on any atom is 0.119 e. The minimum Gasteiger partial charge on any atom is -0.494 e. The highest BCUT2D eigenvalue weighted by atomic mass is 16.5. The molecule has 0 aliphatic carbocycles. The molecule has 130 valence electrons. The van der Waals surface area contributed by atoms with Crippen LogP contribution >= 0.6 is 0 Å². The fourth-order valence-electron chi connectivity index (χ4n) is 3.41. The largest absolute Gasteiger partial charge is 0.494 e. The number of hydrogen-bond donors (Lipinski definition) is 1. The van der Waals surface area contributed by atoms with Gasteiger partial charge in [0.25, 0.3) is 0 Å². The van der Waals surface area contributed by atoms with Crippen molar-refractivity contribution in [1.29, 1.82) is 0 Å². The van der Waals surface area contributed by atoms with Crippen molar-refractivity contribution >= 4 is 0 Å². The lowest BCUT2D eigenvalue weighted by Crippen LogP contribution is -2.42. The van der Waals surface area contributed by atoms with E-state index < -0.39 is 0 Å². The predicted octanol–water partition coefficient (Wildman–Crippen LogP) is 3.82. The van der Waals surface area contributed by atoms with E-state index in [0.717, 1.165) is 56.4 Å². The van der Waals surface area contributed by atoms with Crippen LogP contribution in [-0.4, -0.2) is 26.4 Å². The molecule has 1 saturated heterocycles. The lowest BCUT2D eigenvalue weighted by Gasteiger charge is -2.38. The Morgan fingerprint density at radius 1 is 1.08 bits per heavy atom. The van der Waals surface area contributed by atoms with Gasteiger partial charge in [-0.3, -0.25) is 0 Å². The fraction of sp³-hybridized carbons (Fsp3) is 0.500. The molecular weight excluding hydrogens is 302 g/mol. The molecular formula is C20H27NO3. The van der Waals surface area contributed by atoms with Crippen LogP contribution in [0, 0.1) is 6.92 Å². The Balaban J connectivity index is 1.69. The van der Waals surface area contributed by atoms with E-state index in [4.69, 9.17) is 13.9 Å². The van der Waals surface area contributed by atoms with Crippen LogP contribution in [0.5, 0.6) is 5.75 Å². The summed E-state index contributed by atoms with van der Waals surface area (Å²) in [5, 5.41) is 3.58.